The van der Waals surface area contributed by atoms with Crippen molar-refractivity contribution in [2.45, 2.75) is 26.7 Å². The first kappa shape index (κ1) is 14.1. The minimum Gasteiger partial charge on any atom is -0.340 e. The fraction of sp³-hybridized carbons (Fsp3) is 0.235. The Bertz CT molecular complexity index is 776. The summed E-state index contributed by atoms with van der Waals surface area (Å²) in [6.07, 6.45) is 2.08. The fourth-order valence-corrected chi connectivity index (χ4v) is 2.68. The minimum absolute atomic E-state index is 0.357. The Labute approximate surface area is 133 Å². The molecule has 3 aromatic rings. The molecular weight excluding hydrogens is 326 g/mol. The number of aryl methyl sites for hydroxylation is 1. The molecule has 0 bridgehead atoms. The van der Waals surface area contributed by atoms with E-state index in [0.717, 1.165) is 27.3 Å². The average Bonchev–Trinajstić information content (AvgIpc) is 2.79. The second kappa shape index (κ2) is 5.53. The molecule has 1 N–H and O–H groups in total. The predicted molar refractivity (Wildman–Crippen MR) is 91.4 cm³/mol. The second-order valence-electron chi connectivity index (χ2n) is 5.52. The van der Waals surface area contributed by atoms with Crippen LogP contribution in [0.4, 0.5) is 11.5 Å². The number of anilines is 2. The van der Waals surface area contributed by atoms with Crippen molar-refractivity contribution >= 4 is 33.1 Å². The van der Waals surface area contributed by atoms with E-state index >= 15 is 0 Å². The first-order valence-corrected chi connectivity index (χ1v) is 7.85. The highest BCUT2D eigenvalue weighted by Gasteiger charge is 2.16. The lowest BCUT2D eigenvalue weighted by Gasteiger charge is -2.11. The van der Waals surface area contributed by atoms with Crippen LogP contribution in [0.3, 0.4) is 0 Å². The van der Waals surface area contributed by atoms with Gasteiger partial charge in [-0.3, -0.25) is 4.40 Å². The second-order valence-corrected chi connectivity index (χ2v) is 6.38. The highest BCUT2D eigenvalue weighted by atomic mass is 79.9. The van der Waals surface area contributed by atoms with Crippen LogP contribution in [0.1, 0.15) is 31.0 Å². The van der Waals surface area contributed by atoms with Crippen molar-refractivity contribution in [2.24, 2.45) is 0 Å². The third-order valence-electron chi connectivity index (χ3n) is 3.51. The number of imidazole rings is 1. The van der Waals surface area contributed by atoms with Crippen LogP contribution >= 0.6 is 15.9 Å². The van der Waals surface area contributed by atoms with Crippen molar-refractivity contribution < 1.29 is 0 Å². The zero-order chi connectivity index (χ0) is 15.0. The summed E-state index contributed by atoms with van der Waals surface area (Å²) in [6, 6.07) is 12.3. The van der Waals surface area contributed by atoms with Crippen LogP contribution in [0, 0.1) is 6.92 Å². The molecule has 2 heterocycles. The number of para-hydroxylation sites is 1. The van der Waals surface area contributed by atoms with E-state index in [9.17, 15) is 0 Å². The summed E-state index contributed by atoms with van der Waals surface area (Å²) >= 11 is 3.61. The van der Waals surface area contributed by atoms with E-state index in [0.29, 0.717) is 5.92 Å². The van der Waals surface area contributed by atoms with Crippen LogP contribution in [0.2, 0.25) is 0 Å². The van der Waals surface area contributed by atoms with E-state index in [4.69, 9.17) is 4.98 Å². The molecule has 0 saturated heterocycles. The molecule has 3 rings (SSSR count). The van der Waals surface area contributed by atoms with E-state index < -0.39 is 0 Å². The van der Waals surface area contributed by atoms with E-state index in [1.807, 2.05) is 18.2 Å². The van der Waals surface area contributed by atoms with Gasteiger partial charge in [0.1, 0.15) is 11.5 Å². The van der Waals surface area contributed by atoms with Crippen molar-refractivity contribution in [2.75, 3.05) is 5.32 Å². The molecule has 0 unspecified atom stereocenters. The van der Waals surface area contributed by atoms with Gasteiger partial charge in [0.2, 0.25) is 0 Å². The zero-order valence-corrected chi connectivity index (χ0v) is 14.0. The number of benzene rings is 1. The van der Waals surface area contributed by atoms with Crippen LogP contribution in [0.15, 0.2) is 47.1 Å². The maximum Gasteiger partial charge on any atom is 0.139 e. The van der Waals surface area contributed by atoms with Gasteiger partial charge in [-0.25, -0.2) is 4.98 Å². The van der Waals surface area contributed by atoms with Crippen molar-refractivity contribution in [3.8, 4) is 0 Å². The van der Waals surface area contributed by atoms with Crippen molar-refractivity contribution in [3.05, 3.63) is 58.3 Å². The van der Waals surface area contributed by atoms with Crippen molar-refractivity contribution in [1.29, 1.82) is 0 Å². The molecule has 4 heteroatoms. The number of nitrogens with zero attached hydrogens (tertiary/aromatic N) is 2. The van der Waals surface area contributed by atoms with Crippen molar-refractivity contribution in [3.63, 3.8) is 0 Å². The van der Waals surface area contributed by atoms with Crippen LogP contribution in [0.5, 0.6) is 0 Å². The maximum absolute atomic E-state index is 4.79. The third kappa shape index (κ3) is 2.68. The fourth-order valence-electron chi connectivity index (χ4n) is 2.36. The van der Waals surface area contributed by atoms with Gasteiger partial charge in [0, 0.05) is 16.4 Å². The SMILES string of the molecule is Cc1cc2nc(C(C)C)c(Nc3ccccc3)n2cc1Br. The van der Waals surface area contributed by atoms with E-state index in [1.165, 1.54) is 5.56 Å². The van der Waals surface area contributed by atoms with Gasteiger partial charge in [0.25, 0.3) is 0 Å². The van der Waals surface area contributed by atoms with Crippen LogP contribution in [-0.4, -0.2) is 9.38 Å². The lowest BCUT2D eigenvalue weighted by molar-refractivity contribution is 0.837. The highest BCUT2D eigenvalue weighted by molar-refractivity contribution is 9.10. The van der Waals surface area contributed by atoms with E-state index in [1.54, 1.807) is 0 Å². The Morgan fingerprint density at radius 2 is 1.90 bits per heavy atom. The summed E-state index contributed by atoms with van der Waals surface area (Å²) in [5.74, 6) is 1.39. The number of halogens is 1. The van der Waals surface area contributed by atoms with Gasteiger partial charge in [0.15, 0.2) is 0 Å². The molecule has 0 aliphatic rings. The largest absolute Gasteiger partial charge is 0.340 e. The first-order valence-electron chi connectivity index (χ1n) is 7.06. The van der Waals surface area contributed by atoms with Crippen molar-refractivity contribution in [1.82, 2.24) is 9.38 Å². The molecule has 0 aliphatic carbocycles. The quantitative estimate of drug-likeness (QED) is 0.701. The summed E-state index contributed by atoms with van der Waals surface area (Å²) in [6.45, 7) is 6.41. The number of hydrogen-bond donors (Lipinski definition) is 1. The molecule has 0 fully saturated rings. The minimum atomic E-state index is 0.357. The normalized spacial score (nSPS) is 11.3. The lowest BCUT2D eigenvalue weighted by Crippen LogP contribution is -2.00. The lowest BCUT2D eigenvalue weighted by atomic mass is 10.1. The molecule has 108 valence electrons. The molecule has 0 amide bonds. The van der Waals surface area contributed by atoms with Gasteiger partial charge in [-0.1, -0.05) is 32.0 Å². The molecule has 0 spiro atoms. The molecule has 21 heavy (non-hydrogen) atoms. The van der Waals surface area contributed by atoms with Crippen LogP contribution in [0.25, 0.3) is 5.65 Å². The molecular formula is C17H18BrN3. The smallest absolute Gasteiger partial charge is 0.139 e. The highest BCUT2D eigenvalue weighted by Crippen LogP contribution is 2.30. The predicted octanol–water partition coefficient (Wildman–Crippen LogP) is 5.27. The number of aromatic nitrogens is 2. The molecule has 0 atom stereocenters. The van der Waals surface area contributed by atoms with E-state index in [2.05, 4.69) is 70.8 Å². The van der Waals surface area contributed by atoms with Crippen LogP contribution < -0.4 is 5.32 Å². The molecule has 0 saturated carbocycles. The van der Waals surface area contributed by atoms with Crippen LogP contribution in [-0.2, 0) is 0 Å². The zero-order valence-electron chi connectivity index (χ0n) is 12.4. The standard InChI is InChI=1S/C17H18BrN3/c1-11(2)16-17(19-13-7-5-4-6-8-13)21-10-14(18)12(3)9-15(21)20-16/h4-11,19H,1-3H3. The Kier molecular flexibility index (Phi) is 3.72. The van der Waals surface area contributed by atoms with Gasteiger partial charge >= 0.3 is 0 Å². The maximum atomic E-state index is 4.79. The summed E-state index contributed by atoms with van der Waals surface area (Å²) in [4.78, 5) is 4.79. The average molecular weight is 344 g/mol. The Morgan fingerprint density at radius 1 is 1.19 bits per heavy atom. The summed E-state index contributed by atoms with van der Waals surface area (Å²) in [5, 5.41) is 3.50. The molecule has 3 nitrogen and oxygen atoms in total. The number of fused-ring (bicyclic) bond motifs is 1. The summed E-state index contributed by atoms with van der Waals surface area (Å²) in [5.41, 5.74) is 4.31. The van der Waals surface area contributed by atoms with Gasteiger partial charge < -0.3 is 5.32 Å². The number of rotatable bonds is 3. The molecule has 1 aromatic carbocycles. The molecule has 0 aliphatic heterocycles. The van der Waals surface area contributed by atoms with E-state index in [-0.39, 0.29) is 0 Å². The third-order valence-corrected chi connectivity index (χ3v) is 4.34. The Balaban J connectivity index is 2.18. The number of hydrogen-bond acceptors (Lipinski definition) is 2. The number of pyridine rings is 1. The molecule has 0 radical (unpaired) electrons. The monoisotopic (exact) mass is 343 g/mol. The Morgan fingerprint density at radius 3 is 2.57 bits per heavy atom. The van der Waals surface area contributed by atoms with Gasteiger partial charge in [-0.05, 0) is 52.5 Å². The van der Waals surface area contributed by atoms with Gasteiger partial charge in [-0.15, -0.1) is 0 Å². The Hall–Kier alpha value is -1.81. The van der Waals surface area contributed by atoms with Gasteiger partial charge in [0.05, 0.1) is 5.69 Å². The summed E-state index contributed by atoms with van der Waals surface area (Å²) < 4.78 is 3.19. The van der Waals surface area contributed by atoms with Gasteiger partial charge in [-0.2, -0.15) is 0 Å². The topological polar surface area (TPSA) is 29.3 Å². The molecule has 2 aromatic heterocycles. The first-order chi connectivity index (χ1) is 10.1. The number of nitrogens with one attached hydrogen (secondary N) is 1. The summed E-state index contributed by atoms with van der Waals surface area (Å²) in [7, 11) is 0.